The minimum absolute atomic E-state index is 0.351. The second kappa shape index (κ2) is 5.29. The summed E-state index contributed by atoms with van der Waals surface area (Å²) in [5.74, 6) is 0.0731. The topological polar surface area (TPSA) is 75.8 Å². The Hall–Kier alpha value is -0.650. The van der Waals surface area contributed by atoms with Crippen LogP contribution >= 0.6 is 0 Å². The zero-order valence-corrected chi connectivity index (χ0v) is 8.48. The first-order valence-electron chi connectivity index (χ1n) is 4.90. The summed E-state index contributed by atoms with van der Waals surface area (Å²) < 4.78 is 4.55. The standard InChI is InChI=1S/C9H18N2O3/c1-14-9(12)8(10)6-7-2-4-11(13)5-3-7/h7-8,13H,2-6,10H2,1H3. The van der Waals surface area contributed by atoms with Crippen molar-refractivity contribution in [2.45, 2.75) is 25.3 Å². The summed E-state index contributed by atoms with van der Waals surface area (Å²) in [7, 11) is 1.35. The number of hydrogen-bond acceptors (Lipinski definition) is 5. The molecule has 1 aliphatic rings. The van der Waals surface area contributed by atoms with Gasteiger partial charge in [0.1, 0.15) is 6.04 Å². The Morgan fingerprint density at radius 1 is 1.64 bits per heavy atom. The van der Waals surface area contributed by atoms with Crippen LogP contribution in [0.5, 0.6) is 0 Å². The minimum atomic E-state index is -0.518. The number of piperidine rings is 1. The summed E-state index contributed by atoms with van der Waals surface area (Å²) in [6.07, 6.45) is 2.43. The maximum Gasteiger partial charge on any atom is 0.322 e. The number of carbonyl (C=O) groups is 1. The zero-order chi connectivity index (χ0) is 10.6. The van der Waals surface area contributed by atoms with E-state index < -0.39 is 6.04 Å². The highest BCUT2D eigenvalue weighted by Gasteiger charge is 2.23. The quantitative estimate of drug-likeness (QED) is 0.629. The fourth-order valence-electron chi connectivity index (χ4n) is 1.76. The SMILES string of the molecule is COC(=O)C(N)CC1CCN(O)CC1. The summed E-state index contributed by atoms with van der Waals surface area (Å²) in [6, 6.07) is -0.518. The number of hydroxylamine groups is 2. The van der Waals surface area contributed by atoms with E-state index in [9.17, 15) is 4.79 Å². The Balaban J connectivity index is 2.27. The molecular weight excluding hydrogens is 184 g/mol. The Morgan fingerprint density at radius 2 is 2.21 bits per heavy atom. The molecule has 1 saturated heterocycles. The lowest BCUT2D eigenvalue weighted by Crippen LogP contribution is -2.37. The number of methoxy groups -OCH3 is 1. The molecule has 3 N–H and O–H groups in total. The Bertz CT molecular complexity index is 190. The summed E-state index contributed by atoms with van der Waals surface area (Å²) in [5.41, 5.74) is 5.64. The lowest BCUT2D eigenvalue weighted by Gasteiger charge is -2.28. The zero-order valence-electron chi connectivity index (χ0n) is 8.48. The molecule has 1 rings (SSSR count). The number of hydrogen-bond donors (Lipinski definition) is 2. The normalized spacial score (nSPS) is 21.9. The largest absolute Gasteiger partial charge is 0.468 e. The average Bonchev–Trinajstić information content (AvgIpc) is 2.20. The van der Waals surface area contributed by atoms with E-state index in [4.69, 9.17) is 10.9 Å². The first kappa shape index (κ1) is 11.4. The minimum Gasteiger partial charge on any atom is -0.468 e. The molecule has 1 heterocycles. The molecule has 1 fully saturated rings. The molecule has 0 aromatic carbocycles. The second-order valence-corrected chi connectivity index (χ2v) is 3.76. The monoisotopic (exact) mass is 202 g/mol. The first-order chi connectivity index (χ1) is 6.63. The molecule has 82 valence electrons. The van der Waals surface area contributed by atoms with Crippen LogP contribution in [-0.4, -0.2) is 42.5 Å². The Morgan fingerprint density at radius 3 is 2.71 bits per heavy atom. The highest BCUT2D eigenvalue weighted by molar-refractivity contribution is 5.75. The van der Waals surface area contributed by atoms with Crippen molar-refractivity contribution in [1.82, 2.24) is 5.06 Å². The number of nitrogens with two attached hydrogens (primary N) is 1. The highest BCUT2D eigenvalue weighted by Crippen LogP contribution is 2.20. The molecule has 0 amide bonds. The third-order valence-corrected chi connectivity index (χ3v) is 2.68. The molecule has 14 heavy (non-hydrogen) atoms. The van der Waals surface area contributed by atoms with E-state index in [0.717, 1.165) is 12.8 Å². The average molecular weight is 202 g/mol. The maximum absolute atomic E-state index is 11.0. The molecule has 0 aromatic heterocycles. The first-order valence-corrected chi connectivity index (χ1v) is 4.90. The number of ether oxygens (including phenoxy) is 1. The van der Waals surface area contributed by atoms with Crippen LogP contribution < -0.4 is 5.73 Å². The van der Waals surface area contributed by atoms with Crippen molar-refractivity contribution in [3.05, 3.63) is 0 Å². The van der Waals surface area contributed by atoms with Gasteiger partial charge in [-0.2, -0.15) is 5.06 Å². The van der Waals surface area contributed by atoms with Crippen LogP contribution in [0.25, 0.3) is 0 Å². The van der Waals surface area contributed by atoms with Crippen molar-refractivity contribution >= 4 is 5.97 Å². The molecule has 5 heteroatoms. The van der Waals surface area contributed by atoms with E-state index in [1.54, 1.807) is 0 Å². The van der Waals surface area contributed by atoms with Crippen LogP contribution in [0, 0.1) is 5.92 Å². The van der Waals surface area contributed by atoms with Gasteiger partial charge in [-0.1, -0.05) is 0 Å². The van der Waals surface area contributed by atoms with Gasteiger partial charge in [0, 0.05) is 13.1 Å². The predicted molar refractivity (Wildman–Crippen MR) is 50.7 cm³/mol. The van der Waals surface area contributed by atoms with Crippen LogP contribution in [0.3, 0.4) is 0 Å². The van der Waals surface area contributed by atoms with Crippen molar-refractivity contribution in [3.63, 3.8) is 0 Å². The lowest BCUT2D eigenvalue weighted by molar-refractivity contribution is -0.143. The molecule has 5 nitrogen and oxygen atoms in total. The van der Waals surface area contributed by atoms with Gasteiger partial charge in [0.05, 0.1) is 7.11 Å². The van der Waals surface area contributed by atoms with Crippen LogP contribution in [-0.2, 0) is 9.53 Å². The molecule has 1 atom stereocenters. The molecule has 0 spiro atoms. The third-order valence-electron chi connectivity index (χ3n) is 2.68. The number of esters is 1. The van der Waals surface area contributed by atoms with Gasteiger partial charge in [0.25, 0.3) is 0 Å². The van der Waals surface area contributed by atoms with Crippen LogP contribution in [0.1, 0.15) is 19.3 Å². The summed E-state index contributed by atoms with van der Waals surface area (Å²) in [6.45, 7) is 1.33. The van der Waals surface area contributed by atoms with Gasteiger partial charge in [-0.05, 0) is 25.2 Å². The van der Waals surface area contributed by atoms with E-state index >= 15 is 0 Å². The van der Waals surface area contributed by atoms with Gasteiger partial charge in [0.2, 0.25) is 0 Å². The molecule has 1 unspecified atom stereocenters. The molecule has 1 aliphatic heterocycles. The van der Waals surface area contributed by atoms with Crippen LogP contribution in [0.15, 0.2) is 0 Å². The fraction of sp³-hybridized carbons (Fsp3) is 0.889. The van der Waals surface area contributed by atoms with Crippen molar-refractivity contribution in [1.29, 1.82) is 0 Å². The smallest absolute Gasteiger partial charge is 0.322 e. The molecule has 0 saturated carbocycles. The molecule has 0 aliphatic carbocycles. The summed E-state index contributed by atoms with van der Waals surface area (Å²) in [4.78, 5) is 11.0. The molecule has 0 aromatic rings. The summed E-state index contributed by atoms with van der Waals surface area (Å²) >= 11 is 0. The van der Waals surface area contributed by atoms with E-state index in [2.05, 4.69) is 4.74 Å². The number of rotatable bonds is 3. The van der Waals surface area contributed by atoms with Gasteiger partial charge in [-0.3, -0.25) is 4.79 Å². The van der Waals surface area contributed by atoms with E-state index in [0.29, 0.717) is 25.4 Å². The van der Waals surface area contributed by atoms with Gasteiger partial charge in [0.15, 0.2) is 0 Å². The van der Waals surface area contributed by atoms with E-state index in [1.807, 2.05) is 0 Å². The fourth-order valence-corrected chi connectivity index (χ4v) is 1.76. The van der Waals surface area contributed by atoms with Crippen LogP contribution in [0.4, 0.5) is 0 Å². The van der Waals surface area contributed by atoms with Crippen molar-refractivity contribution in [2.24, 2.45) is 11.7 Å². The maximum atomic E-state index is 11.0. The predicted octanol–water partition coefficient (Wildman–Crippen LogP) is -0.0220. The van der Waals surface area contributed by atoms with Gasteiger partial charge < -0.3 is 15.7 Å². The second-order valence-electron chi connectivity index (χ2n) is 3.76. The summed E-state index contributed by atoms with van der Waals surface area (Å²) in [5, 5.41) is 10.4. The highest BCUT2D eigenvalue weighted by atomic mass is 16.5. The molecule has 0 radical (unpaired) electrons. The van der Waals surface area contributed by atoms with E-state index in [-0.39, 0.29) is 5.97 Å². The van der Waals surface area contributed by atoms with Gasteiger partial charge in [-0.25, -0.2) is 0 Å². The van der Waals surface area contributed by atoms with Crippen LogP contribution in [0.2, 0.25) is 0 Å². The van der Waals surface area contributed by atoms with Gasteiger partial charge in [-0.15, -0.1) is 0 Å². The van der Waals surface area contributed by atoms with Crippen molar-refractivity contribution in [2.75, 3.05) is 20.2 Å². The Kier molecular flexibility index (Phi) is 4.31. The van der Waals surface area contributed by atoms with Crippen molar-refractivity contribution in [3.8, 4) is 0 Å². The third kappa shape index (κ3) is 3.25. The van der Waals surface area contributed by atoms with E-state index in [1.165, 1.54) is 12.2 Å². The number of carbonyl (C=O) groups excluding carboxylic acids is 1. The van der Waals surface area contributed by atoms with Gasteiger partial charge >= 0.3 is 5.97 Å². The molecular formula is C9H18N2O3. The number of nitrogens with zero attached hydrogens (tertiary/aromatic N) is 1. The lowest BCUT2D eigenvalue weighted by atomic mass is 9.91. The van der Waals surface area contributed by atoms with Crippen molar-refractivity contribution < 1.29 is 14.7 Å². The molecule has 0 bridgehead atoms. The Labute approximate surface area is 83.8 Å².